The van der Waals surface area contributed by atoms with E-state index in [2.05, 4.69) is 0 Å². The first-order chi connectivity index (χ1) is 25.3. The molecule has 3 heterocycles. The summed E-state index contributed by atoms with van der Waals surface area (Å²) < 4.78 is 31.7. The summed E-state index contributed by atoms with van der Waals surface area (Å²) in [7, 11) is 6.93. The quantitative estimate of drug-likeness (QED) is 0.196. The minimum absolute atomic E-state index is 0.0774. The molecule has 1 unspecified atom stereocenters. The Morgan fingerprint density at radius 1 is 0.982 bits per heavy atom. The zero-order valence-corrected chi connectivity index (χ0v) is 35.7. The molecule has 0 saturated carbocycles. The smallest absolute Gasteiger partial charge is 0.295 e. The van der Waals surface area contributed by atoms with E-state index in [-0.39, 0.29) is 37.1 Å². The molecular weight excluding hydrogens is 718 g/mol. The van der Waals surface area contributed by atoms with E-state index >= 15 is 0 Å². The number of carbonyl (C=O) groups is 1. The summed E-state index contributed by atoms with van der Waals surface area (Å²) in [4.78, 5) is 35.3. The van der Waals surface area contributed by atoms with Gasteiger partial charge in [-0.15, -0.1) is 10.1 Å². The number of likely N-dealkylation sites (N-methyl/N-ethyl adjacent to an activating group) is 2. The average molecular weight is 792 g/mol. The highest BCUT2D eigenvalue weighted by Crippen LogP contribution is 2.41. The largest absolute Gasteiger partial charge is 0.388 e. The molecule has 0 aliphatic carbocycles. The van der Waals surface area contributed by atoms with Crippen LogP contribution < -0.4 is 0 Å². The van der Waals surface area contributed by atoms with Crippen LogP contribution >= 0.6 is 0 Å². The van der Waals surface area contributed by atoms with Gasteiger partial charge < -0.3 is 58.7 Å². The van der Waals surface area contributed by atoms with Crippen molar-refractivity contribution in [2.24, 2.45) is 23.7 Å². The predicted molar refractivity (Wildman–Crippen MR) is 203 cm³/mol. The summed E-state index contributed by atoms with van der Waals surface area (Å²) in [6.45, 7) is 18.1. The van der Waals surface area contributed by atoms with E-state index < -0.39 is 101 Å². The van der Waals surface area contributed by atoms with E-state index in [1.807, 2.05) is 44.5 Å². The second-order valence-electron chi connectivity index (χ2n) is 17.9. The third kappa shape index (κ3) is 11.1. The van der Waals surface area contributed by atoms with Gasteiger partial charge in [0.25, 0.3) is 5.09 Å². The van der Waals surface area contributed by atoms with Crippen LogP contribution in [0.5, 0.6) is 0 Å². The van der Waals surface area contributed by atoms with E-state index in [0.717, 1.165) is 0 Å². The number of aliphatic hydroxyl groups is 4. The molecule has 0 aromatic rings. The lowest BCUT2D eigenvalue weighted by Gasteiger charge is -2.49. The normalized spacial score (nSPS) is 47.5. The Morgan fingerprint density at radius 2 is 1.60 bits per heavy atom. The Hall–Kier alpha value is -1.57. The number of Topliss-reactive ketones (excluding diaryl/α,β-unsaturated/α-hetero) is 1. The van der Waals surface area contributed by atoms with Gasteiger partial charge in [-0.3, -0.25) is 4.79 Å². The maximum atomic E-state index is 14.5. The first-order valence-electron chi connectivity index (χ1n) is 20.0. The van der Waals surface area contributed by atoms with Gasteiger partial charge in [-0.2, -0.15) is 0 Å². The molecular formula is C39H73N3O13. The number of hydrogen-bond donors (Lipinski definition) is 4. The van der Waals surface area contributed by atoms with Gasteiger partial charge in [0.1, 0.15) is 11.9 Å². The van der Waals surface area contributed by atoms with Crippen LogP contribution in [0.1, 0.15) is 101 Å². The predicted octanol–water partition coefficient (Wildman–Crippen LogP) is 2.78. The Labute approximate surface area is 328 Å². The molecule has 0 radical (unpaired) electrons. The van der Waals surface area contributed by atoms with Gasteiger partial charge in [0.05, 0.1) is 47.3 Å². The zero-order valence-electron chi connectivity index (χ0n) is 35.7. The fourth-order valence-electron chi connectivity index (χ4n) is 9.36. The van der Waals surface area contributed by atoms with Crippen LogP contribution in [0.25, 0.3) is 0 Å². The number of methoxy groups -OCH3 is 1. The van der Waals surface area contributed by atoms with Crippen molar-refractivity contribution in [1.29, 1.82) is 0 Å². The highest BCUT2D eigenvalue weighted by molar-refractivity contribution is 5.81. The first-order valence-corrected chi connectivity index (χ1v) is 20.0. The lowest BCUT2D eigenvalue weighted by molar-refractivity contribution is -0.775. The molecule has 55 heavy (non-hydrogen) atoms. The molecule has 18 atom stereocenters. The Bertz CT molecular complexity index is 1260. The highest BCUT2D eigenvalue weighted by atomic mass is 17.0. The van der Waals surface area contributed by atoms with Crippen molar-refractivity contribution in [3.63, 3.8) is 0 Å². The van der Waals surface area contributed by atoms with Crippen molar-refractivity contribution in [2.45, 2.75) is 186 Å². The molecule has 3 rings (SSSR count). The molecule has 322 valence electrons. The van der Waals surface area contributed by atoms with Crippen LogP contribution in [0.3, 0.4) is 0 Å². The van der Waals surface area contributed by atoms with Crippen LogP contribution in [0.4, 0.5) is 0 Å². The minimum Gasteiger partial charge on any atom is -0.388 e. The fourth-order valence-corrected chi connectivity index (χ4v) is 9.36. The lowest BCUT2D eigenvalue weighted by atomic mass is 9.74. The van der Waals surface area contributed by atoms with Gasteiger partial charge in [-0.1, -0.05) is 34.1 Å². The van der Waals surface area contributed by atoms with Crippen molar-refractivity contribution in [3.8, 4) is 0 Å². The van der Waals surface area contributed by atoms with Crippen LogP contribution in [-0.2, 0) is 33.3 Å². The van der Waals surface area contributed by atoms with Gasteiger partial charge in [0.15, 0.2) is 18.7 Å². The lowest BCUT2D eigenvalue weighted by Crippen LogP contribution is -2.61. The fraction of sp³-hybridized carbons (Fsp3) is 0.974. The summed E-state index contributed by atoms with van der Waals surface area (Å²) in [5.74, 6) is -2.71. The number of ether oxygens (including phenoxy) is 5. The number of rotatable bonds is 9. The SMILES string of the molecule is CC[C@H]1CC(=O)[C@H](C)[C@@H](O[C@H]2C[C@@](C)(OC)[C@@H](O)[C@H](C)O2)[C@H](C)[C@@H](O[C@@H]2O[C@H](C)CC(N(C)C)[C@H]2O[N+](=O)[O-])[C@](C)(O)C[C@@H](C)CN(C)[C@H](C)[C@@H](O)[C@]1(C)O. The van der Waals surface area contributed by atoms with Gasteiger partial charge in [0, 0.05) is 50.4 Å². The molecule has 0 aromatic heterocycles. The monoisotopic (exact) mass is 792 g/mol. The van der Waals surface area contributed by atoms with Crippen LogP contribution in [0.2, 0.25) is 0 Å². The number of hydrogen-bond acceptors (Lipinski definition) is 15. The molecule has 16 heteroatoms. The van der Waals surface area contributed by atoms with Gasteiger partial charge in [-0.05, 0) is 87.4 Å². The Kier molecular flexibility index (Phi) is 16.5. The third-order valence-corrected chi connectivity index (χ3v) is 13.0. The molecule has 0 amide bonds. The summed E-state index contributed by atoms with van der Waals surface area (Å²) in [6, 6.07) is -0.976. The van der Waals surface area contributed by atoms with Gasteiger partial charge in [0.2, 0.25) is 0 Å². The maximum absolute atomic E-state index is 14.5. The molecule has 3 aliphatic rings. The molecule has 3 fully saturated rings. The van der Waals surface area contributed by atoms with E-state index in [4.69, 9.17) is 28.5 Å². The van der Waals surface area contributed by atoms with Gasteiger partial charge in [-0.25, -0.2) is 0 Å². The van der Waals surface area contributed by atoms with Crippen molar-refractivity contribution >= 4 is 5.78 Å². The molecule has 0 aromatic carbocycles. The molecule has 4 N–H and O–H groups in total. The Balaban J connectivity index is 2.23. The number of nitrogens with zero attached hydrogens (tertiary/aromatic N) is 3. The summed E-state index contributed by atoms with van der Waals surface area (Å²) in [5, 5.41) is 58.0. The van der Waals surface area contributed by atoms with Crippen molar-refractivity contribution in [2.75, 3.05) is 34.8 Å². The standard InChI is InChI=1S/C39H73N3O13/c1-15-27-17-29(43)23(4)31(53-30-19-38(9,50-14)34(45)26(7)52-30)24(5)35(54-36-32(55-42(48)49)28(40(11)12)16-22(3)51-36)37(8,46)18-21(2)20-41(13)25(6)33(44)39(27,10)47/h21-28,30-36,44-47H,15-20H2,1-14H3/t21-,22-,23+,24+,25-,26+,27+,28?,30+,31-,32-,33-,34+,35-,36+,37-,38-,39-/m1/s1. The molecule has 0 bridgehead atoms. The van der Waals surface area contributed by atoms with E-state index in [9.17, 15) is 35.3 Å². The van der Waals surface area contributed by atoms with Crippen molar-refractivity contribution < 1.29 is 58.8 Å². The zero-order chi connectivity index (χ0) is 42.0. The van der Waals surface area contributed by atoms with Crippen LogP contribution in [-0.4, -0.2) is 160 Å². The topological polar surface area (TPSA) is 203 Å². The van der Waals surface area contributed by atoms with Crippen LogP contribution in [0, 0.1) is 33.8 Å². The number of ketones is 1. The van der Waals surface area contributed by atoms with E-state index in [0.29, 0.717) is 19.4 Å². The van der Waals surface area contributed by atoms with Crippen molar-refractivity contribution in [3.05, 3.63) is 10.1 Å². The van der Waals surface area contributed by atoms with Gasteiger partial charge >= 0.3 is 0 Å². The molecule has 16 nitrogen and oxygen atoms in total. The molecule has 3 aliphatic heterocycles. The summed E-state index contributed by atoms with van der Waals surface area (Å²) >= 11 is 0. The Morgan fingerprint density at radius 3 is 2.15 bits per heavy atom. The molecule has 3 saturated heterocycles. The molecule has 0 spiro atoms. The summed E-state index contributed by atoms with van der Waals surface area (Å²) in [5.41, 5.74) is -4.30. The minimum atomic E-state index is -1.64. The van der Waals surface area contributed by atoms with E-state index in [1.54, 1.807) is 55.6 Å². The second-order valence-corrected chi connectivity index (χ2v) is 17.9. The third-order valence-electron chi connectivity index (χ3n) is 13.0. The maximum Gasteiger partial charge on any atom is 0.295 e. The average Bonchev–Trinajstić information content (AvgIpc) is 3.08. The van der Waals surface area contributed by atoms with E-state index in [1.165, 1.54) is 7.11 Å². The highest BCUT2D eigenvalue weighted by Gasteiger charge is 2.53. The second kappa shape index (κ2) is 19.0. The van der Waals surface area contributed by atoms with Crippen molar-refractivity contribution in [1.82, 2.24) is 9.80 Å². The summed E-state index contributed by atoms with van der Waals surface area (Å²) in [6.07, 6.45) is -7.75. The first kappa shape index (κ1) is 47.8. The van der Waals surface area contributed by atoms with Crippen LogP contribution in [0.15, 0.2) is 0 Å². The number of carbonyl (C=O) groups excluding carboxylic acids is 1. The number of aliphatic hydroxyl groups excluding tert-OH is 2.